The van der Waals surface area contributed by atoms with E-state index in [1.165, 1.54) is 6.07 Å². The van der Waals surface area contributed by atoms with E-state index >= 15 is 0 Å². The monoisotopic (exact) mass is 457 g/mol. The number of aromatic nitrogens is 6. The number of nitrogens with one attached hydrogen (secondary N) is 1. The van der Waals surface area contributed by atoms with Crippen molar-refractivity contribution in [3.63, 3.8) is 0 Å². The van der Waals surface area contributed by atoms with E-state index in [1.807, 2.05) is 28.3 Å². The fraction of sp³-hybridized carbons (Fsp3) is 0.320. The van der Waals surface area contributed by atoms with Crippen LogP contribution in [0.2, 0.25) is 0 Å². The number of aryl methyl sites for hydroxylation is 1. The Hall–Kier alpha value is -3.88. The number of hydrogen-bond acceptors (Lipinski definition) is 5. The lowest BCUT2D eigenvalue weighted by Gasteiger charge is -2.14. The van der Waals surface area contributed by atoms with Gasteiger partial charge in [-0.2, -0.15) is 0 Å². The molecule has 9 heteroatoms. The summed E-state index contributed by atoms with van der Waals surface area (Å²) < 4.78 is 18.7. The lowest BCUT2D eigenvalue weighted by atomic mass is 10.1. The summed E-state index contributed by atoms with van der Waals surface area (Å²) in [5.41, 5.74) is 3.03. The quantitative estimate of drug-likeness (QED) is 0.457. The Bertz CT molecular complexity index is 1410. The van der Waals surface area contributed by atoms with E-state index in [0.29, 0.717) is 23.3 Å². The fourth-order valence-electron chi connectivity index (χ4n) is 4.21. The molecular weight excluding hydrogens is 433 g/mol. The average Bonchev–Trinajstić information content (AvgIpc) is 3.69. The molecule has 3 aromatic heterocycles. The number of amides is 1. The van der Waals surface area contributed by atoms with Gasteiger partial charge in [0.1, 0.15) is 23.7 Å². The largest absolute Gasteiger partial charge is 0.306 e. The summed E-state index contributed by atoms with van der Waals surface area (Å²) in [5, 5.41) is 11.0. The van der Waals surface area contributed by atoms with Crippen LogP contribution in [0.15, 0.2) is 49.2 Å². The van der Waals surface area contributed by atoms with Gasteiger partial charge in [-0.25, -0.2) is 14.4 Å². The number of benzene rings is 1. The van der Waals surface area contributed by atoms with Crippen LogP contribution in [0.5, 0.6) is 0 Å². The minimum atomic E-state index is -0.584. The van der Waals surface area contributed by atoms with Gasteiger partial charge in [-0.1, -0.05) is 6.07 Å². The van der Waals surface area contributed by atoms with Crippen LogP contribution in [-0.4, -0.2) is 35.2 Å². The third-order valence-electron chi connectivity index (χ3n) is 6.73. The Kier molecular flexibility index (Phi) is 4.62. The van der Waals surface area contributed by atoms with Crippen LogP contribution < -0.4 is 5.32 Å². The molecule has 2 aliphatic rings. The van der Waals surface area contributed by atoms with Crippen LogP contribution in [0.3, 0.4) is 0 Å². The molecule has 0 spiro atoms. The van der Waals surface area contributed by atoms with Crippen molar-refractivity contribution < 1.29 is 9.18 Å². The van der Waals surface area contributed by atoms with Gasteiger partial charge in [0, 0.05) is 17.7 Å². The van der Waals surface area contributed by atoms with E-state index in [-0.39, 0.29) is 11.1 Å². The molecule has 6 rings (SSSR count). The molecule has 4 aromatic rings. The molecule has 0 aliphatic heterocycles. The van der Waals surface area contributed by atoms with E-state index < -0.39 is 11.7 Å². The number of carbonyl (C=O) groups excluding carboxylic acids is 1. The Balaban J connectivity index is 1.28. The van der Waals surface area contributed by atoms with Gasteiger partial charge in [0.05, 0.1) is 23.3 Å². The lowest BCUT2D eigenvalue weighted by Crippen LogP contribution is -2.16. The van der Waals surface area contributed by atoms with E-state index in [9.17, 15) is 9.18 Å². The van der Waals surface area contributed by atoms with Gasteiger partial charge in [-0.3, -0.25) is 4.79 Å². The topological polar surface area (TPSA) is 90.5 Å². The summed E-state index contributed by atoms with van der Waals surface area (Å²) in [6.45, 7) is 3.97. The maximum atomic E-state index is 14.8. The van der Waals surface area contributed by atoms with Crippen LogP contribution in [-0.2, 0) is 5.54 Å². The van der Waals surface area contributed by atoms with Gasteiger partial charge in [0.2, 0.25) is 0 Å². The zero-order chi connectivity index (χ0) is 23.4. The molecule has 172 valence electrons. The molecule has 2 fully saturated rings. The zero-order valence-corrected chi connectivity index (χ0v) is 19.0. The minimum absolute atomic E-state index is 0.00783. The first kappa shape index (κ1) is 20.7. The Morgan fingerprint density at radius 2 is 2.03 bits per heavy atom. The van der Waals surface area contributed by atoms with Crippen molar-refractivity contribution in [3.8, 4) is 17.2 Å². The normalized spacial score (nSPS) is 16.4. The zero-order valence-electron chi connectivity index (χ0n) is 19.0. The summed E-state index contributed by atoms with van der Waals surface area (Å²) in [7, 11) is 0. The van der Waals surface area contributed by atoms with Crippen molar-refractivity contribution in [1.82, 2.24) is 29.3 Å². The summed E-state index contributed by atoms with van der Waals surface area (Å²) in [6, 6.07) is 8.22. The van der Waals surface area contributed by atoms with Crippen molar-refractivity contribution >= 4 is 11.7 Å². The van der Waals surface area contributed by atoms with Crippen molar-refractivity contribution in [3.05, 3.63) is 71.8 Å². The van der Waals surface area contributed by atoms with Crippen LogP contribution in [0.4, 0.5) is 10.2 Å². The predicted octanol–water partition coefficient (Wildman–Crippen LogP) is 4.61. The van der Waals surface area contributed by atoms with Gasteiger partial charge < -0.3 is 14.5 Å². The fourth-order valence-corrected chi connectivity index (χ4v) is 4.21. The molecule has 0 radical (unpaired) electrons. The SMILES string of the molecule is Cc1cc(F)c(C(=O)Nc2cccc(-c3nncn3C3(C)CC3)n2)cc1-n1cnc(C2CC2)c1. The van der Waals surface area contributed by atoms with Gasteiger partial charge in [-0.05, 0) is 69.4 Å². The van der Waals surface area contributed by atoms with Crippen LogP contribution in [0, 0.1) is 12.7 Å². The summed E-state index contributed by atoms with van der Waals surface area (Å²) in [6.07, 6.45) is 9.80. The third-order valence-corrected chi connectivity index (χ3v) is 6.73. The van der Waals surface area contributed by atoms with Crippen molar-refractivity contribution in [2.75, 3.05) is 5.32 Å². The highest BCUT2D eigenvalue weighted by Gasteiger charge is 2.41. The summed E-state index contributed by atoms with van der Waals surface area (Å²) in [4.78, 5) is 22.1. The molecular formula is C25H24FN7O. The lowest BCUT2D eigenvalue weighted by molar-refractivity contribution is 0.102. The average molecular weight is 458 g/mol. The van der Waals surface area contributed by atoms with Gasteiger partial charge in [-0.15, -0.1) is 10.2 Å². The van der Waals surface area contributed by atoms with Crippen molar-refractivity contribution in [2.45, 2.75) is 51.0 Å². The molecule has 0 bridgehead atoms. The van der Waals surface area contributed by atoms with Crippen LogP contribution in [0.25, 0.3) is 17.2 Å². The first-order valence-electron chi connectivity index (χ1n) is 11.4. The van der Waals surface area contributed by atoms with Gasteiger partial charge in [0.15, 0.2) is 5.82 Å². The molecule has 1 amide bonds. The second-order valence-corrected chi connectivity index (χ2v) is 9.48. The first-order valence-corrected chi connectivity index (χ1v) is 11.4. The number of halogens is 1. The van der Waals surface area contributed by atoms with E-state index in [1.54, 1.807) is 30.9 Å². The highest BCUT2D eigenvalue weighted by Crippen LogP contribution is 2.44. The number of carbonyl (C=O) groups is 1. The van der Waals surface area contributed by atoms with Gasteiger partial charge >= 0.3 is 0 Å². The predicted molar refractivity (Wildman–Crippen MR) is 124 cm³/mol. The highest BCUT2D eigenvalue weighted by atomic mass is 19.1. The Labute approximate surface area is 195 Å². The number of anilines is 1. The molecule has 1 aromatic carbocycles. The van der Waals surface area contributed by atoms with Gasteiger partial charge in [0.25, 0.3) is 5.91 Å². The van der Waals surface area contributed by atoms with E-state index in [0.717, 1.165) is 42.6 Å². The second-order valence-electron chi connectivity index (χ2n) is 9.48. The highest BCUT2D eigenvalue weighted by molar-refractivity contribution is 6.04. The number of hydrogen-bond donors (Lipinski definition) is 1. The third kappa shape index (κ3) is 3.67. The van der Waals surface area contributed by atoms with Crippen molar-refractivity contribution in [1.29, 1.82) is 0 Å². The van der Waals surface area contributed by atoms with Crippen molar-refractivity contribution in [2.24, 2.45) is 0 Å². The van der Waals surface area contributed by atoms with Crippen LogP contribution >= 0.6 is 0 Å². The molecule has 2 aliphatic carbocycles. The molecule has 2 saturated carbocycles. The smallest absolute Gasteiger partial charge is 0.259 e. The van der Waals surface area contributed by atoms with E-state index in [4.69, 9.17) is 0 Å². The Morgan fingerprint density at radius 1 is 1.21 bits per heavy atom. The molecule has 0 unspecified atom stereocenters. The number of rotatable bonds is 6. The Morgan fingerprint density at radius 3 is 2.79 bits per heavy atom. The van der Waals surface area contributed by atoms with Crippen LogP contribution in [0.1, 0.15) is 60.1 Å². The second kappa shape index (κ2) is 7.58. The molecule has 0 atom stereocenters. The van der Waals surface area contributed by atoms with E-state index in [2.05, 4.69) is 32.4 Å². The first-order chi connectivity index (χ1) is 16.4. The number of nitrogens with zero attached hydrogens (tertiary/aromatic N) is 6. The standard InChI is InChI=1S/C25H24FN7O/c1-15-10-18(26)17(11-21(15)32-12-20(27-13-32)16-6-7-16)24(34)30-22-5-3-4-19(29-22)23-31-28-14-33(23)25(2)8-9-25/h3-5,10-14,16H,6-9H2,1-2H3,(H,29,30,34). The number of imidazole rings is 1. The summed E-state index contributed by atoms with van der Waals surface area (Å²) in [5.74, 6) is 0.321. The molecule has 1 N–H and O–H groups in total. The number of pyridine rings is 1. The maximum Gasteiger partial charge on any atom is 0.259 e. The summed E-state index contributed by atoms with van der Waals surface area (Å²) >= 11 is 0. The molecule has 34 heavy (non-hydrogen) atoms. The minimum Gasteiger partial charge on any atom is -0.306 e. The molecule has 3 heterocycles. The maximum absolute atomic E-state index is 14.8. The molecule has 0 saturated heterocycles. The molecule has 8 nitrogen and oxygen atoms in total.